The van der Waals surface area contributed by atoms with Gasteiger partial charge >= 0.3 is 0 Å². The fourth-order valence-electron chi connectivity index (χ4n) is 2.72. The van der Waals surface area contributed by atoms with Crippen molar-refractivity contribution >= 4 is 0 Å². The van der Waals surface area contributed by atoms with E-state index in [0.29, 0.717) is 6.61 Å². The lowest BCUT2D eigenvalue weighted by Crippen LogP contribution is -2.04. The second kappa shape index (κ2) is 6.14. The van der Waals surface area contributed by atoms with Crippen LogP contribution < -0.4 is 10.1 Å². The molecule has 0 atom stereocenters. The van der Waals surface area contributed by atoms with Crippen molar-refractivity contribution in [3.8, 4) is 5.75 Å². The second-order valence-corrected chi connectivity index (χ2v) is 5.32. The maximum Gasteiger partial charge on any atom is 0.146 e. The standard InChI is InChI=1S/C17H21NO2/c1-18-11-16-8-9-17(20-16)12-19-15-7-6-13-4-2-3-5-14(13)10-15/h6-10,18H,2-5,11-12H2,1H3. The van der Waals surface area contributed by atoms with Crippen LogP contribution in [0, 0.1) is 0 Å². The van der Waals surface area contributed by atoms with Crippen molar-refractivity contribution in [3.05, 3.63) is 53.0 Å². The van der Waals surface area contributed by atoms with Crippen LogP contribution in [-0.4, -0.2) is 7.05 Å². The van der Waals surface area contributed by atoms with Crippen molar-refractivity contribution in [2.24, 2.45) is 0 Å². The molecule has 3 rings (SSSR count). The normalized spacial score (nSPS) is 14.1. The number of benzene rings is 1. The van der Waals surface area contributed by atoms with E-state index in [2.05, 4.69) is 23.5 Å². The number of aryl methyl sites for hydroxylation is 2. The molecule has 2 aromatic rings. The summed E-state index contributed by atoms with van der Waals surface area (Å²) in [5, 5.41) is 3.07. The molecule has 0 unspecified atom stereocenters. The highest BCUT2D eigenvalue weighted by Crippen LogP contribution is 2.25. The third kappa shape index (κ3) is 3.05. The maximum absolute atomic E-state index is 5.84. The number of nitrogens with one attached hydrogen (secondary N) is 1. The van der Waals surface area contributed by atoms with E-state index in [0.717, 1.165) is 23.8 Å². The summed E-state index contributed by atoms with van der Waals surface area (Å²) in [4.78, 5) is 0. The first-order valence-corrected chi connectivity index (χ1v) is 7.32. The van der Waals surface area contributed by atoms with Gasteiger partial charge in [0.05, 0.1) is 6.54 Å². The van der Waals surface area contributed by atoms with E-state index in [1.165, 1.54) is 36.8 Å². The first-order valence-electron chi connectivity index (χ1n) is 7.32. The lowest BCUT2D eigenvalue weighted by molar-refractivity contribution is 0.265. The van der Waals surface area contributed by atoms with Gasteiger partial charge in [-0.15, -0.1) is 0 Å². The minimum absolute atomic E-state index is 0.489. The molecule has 0 fully saturated rings. The van der Waals surface area contributed by atoms with Crippen LogP contribution in [0.15, 0.2) is 34.7 Å². The lowest BCUT2D eigenvalue weighted by Gasteiger charge is -2.16. The van der Waals surface area contributed by atoms with Crippen molar-refractivity contribution in [1.82, 2.24) is 5.32 Å². The van der Waals surface area contributed by atoms with Crippen molar-refractivity contribution < 1.29 is 9.15 Å². The van der Waals surface area contributed by atoms with Crippen molar-refractivity contribution in [1.29, 1.82) is 0 Å². The summed E-state index contributed by atoms with van der Waals surface area (Å²) in [6.45, 7) is 1.24. The van der Waals surface area contributed by atoms with Crippen LogP contribution in [0.25, 0.3) is 0 Å². The summed E-state index contributed by atoms with van der Waals surface area (Å²) in [6, 6.07) is 10.4. The molecule has 0 bridgehead atoms. The quantitative estimate of drug-likeness (QED) is 0.904. The van der Waals surface area contributed by atoms with E-state index >= 15 is 0 Å². The van der Waals surface area contributed by atoms with E-state index in [9.17, 15) is 0 Å². The van der Waals surface area contributed by atoms with Crippen LogP contribution in [0.1, 0.15) is 35.5 Å². The third-order valence-corrected chi connectivity index (χ3v) is 3.77. The molecule has 1 heterocycles. The highest BCUT2D eigenvalue weighted by Gasteiger charge is 2.10. The number of fused-ring (bicyclic) bond motifs is 1. The summed E-state index contributed by atoms with van der Waals surface area (Å²) in [5.41, 5.74) is 2.93. The van der Waals surface area contributed by atoms with Gasteiger partial charge in [-0.3, -0.25) is 0 Å². The largest absolute Gasteiger partial charge is 0.486 e. The molecule has 1 aliphatic carbocycles. The molecule has 0 radical (unpaired) electrons. The topological polar surface area (TPSA) is 34.4 Å². The number of rotatable bonds is 5. The van der Waals surface area contributed by atoms with Gasteiger partial charge in [-0.05, 0) is 68.1 Å². The van der Waals surface area contributed by atoms with Gasteiger partial charge in [-0.1, -0.05) is 6.07 Å². The van der Waals surface area contributed by atoms with Gasteiger partial charge in [0.2, 0.25) is 0 Å². The molecule has 3 heteroatoms. The highest BCUT2D eigenvalue weighted by molar-refractivity contribution is 5.37. The molecule has 1 aliphatic rings. The van der Waals surface area contributed by atoms with Gasteiger partial charge in [0.15, 0.2) is 0 Å². The summed E-state index contributed by atoms with van der Waals surface area (Å²) < 4.78 is 11.5. The zero-order chi connectivity index (χ0) is 13.8. The Labute approximate surface area is 119 Å². The predicted octanol–water partition coefficient (Wildman–Crippen LogP) is 3.46. The first-order chi connectivity index (χ1) is 9.85. The number of ether oxygens (including phenoxy) is 1. The molecule has 0 saturated carbocycles. The van der Waals surface area contributed by atoms with Crippen LogP contribution in [0.2, 0.25) is 0 Å². The van der Waals surface area contributed by atoms with Gasteiger partial charge in [-0.2, -0.15) is 0 Å². The van der Waals surface area contributed by atoms with Crippen molar-refractivity contribution in [2.45, 2.75) is 38.8 Å². The molecule has 0 aliphatic heterocycles. The molecule has 1 N–H and O–H groups in total. The Kier molecular flexibility index (Phi) is 4.07. The fourth-order valence-corrected chi connectivity index (χ4v) is 2.72. The minimum Gasteiger partial charge on any atom is -0.486 e. The van der Waals surface area contributed by atoms with Crippen LogP contribution >= 0.6 is 0 Å². The van der Waals surface area contributed by atoms with Gasteiger partial charge < -0.3 is 14.5 Å². The second-order valence-electron chi connectivity index (χ2n) is 5.32. The average molecular weight is 271 g/mol. The molecule has 0 saturated heterocycles. The Morgan fingerprint density at radius 3 is 2.70 bits per heavy atom. The molecule has 20 heavy (non-hydrogen) atoms. The predicted molar refractivity (Wildman–Crippen MR) is 78.9 cm³/mol. The molecule has 0 spiro atoms. The van der Waals surface area contributed by atoms with E-state index < -0.39 is 0 Å². The summed E-state index contributed by atoms with van der Waals surface area (Å²) in [6.07, 6.45) is 5.00. The number of hydrogen-bond acceptors (Lipinski definition) is 3. The SMILES string of the molecule is CNCc1ccc(COc2ccc3c(c2)CCCC3)o1. The summed E-state index contributed by atoms with van der Waals surface area (Å²) in [7, 11) is 1.91. The monoisotopic (exact) mass is 271 g/mol. The molecule has 3 nitrogen and oxygen atoms in total. The van der Waals surface area contributed by atoms with Gasteiger partial charge in [0, 0.05) is 0 Å². The van der Waals surface area contributed by atoms with Gasteiger partial charge in [-0.25, -0.2) is 0 Å². The minimum atomic E-state index is 0.489. The smallest absolute Gasteiger partial charge is 0.146 e. The van der Waals surface area contributed by atoms with Crippen LogP contribution in [0.4, 0.5) is 0 Å². The Morgan fingerprint density at radius 1 is 1.05 bits per heavy atom. The molecule has 1 aromatic carbocycles. The number of hydrogen-bond donors (Lipinski definition) is 1. The Morgan fingerprint density at radius 2 is 1.85 bits per heavy atom. The fraction of sp³-hybridized carbons (Fsp3) is 0.412. The molecule has 1 aromatic heterocycles. The van der Waals surface area contributed by atoms with E-state index in [1.54, 1.807) is 0 Å². The number of furan rings is 1. The third-order valence-electron chi connectivity index (χ3n) is 3.77. The van der Waals surface area contributed by atoms with Gasteiger partial charge in [0.25, 0.3) is 0 Å². The van der Waals surface area contributed by atoms with Crippen LogP contribution in [-0.2, 0) is 26.0 Å². The Balaban J connectivity index is 1.62. The van der Waals surface area contributed by atoms with E-state index in [1.807, 2.05) is 19.2 Å². The Hall–Kier alpha value is -1.74. The zero-order valence-corrected chi connectivity index (χ0v) is 11.9. The van der Waals surface area contributed by atoms with Crippen LogP contribution in [0.3, 0.4) is 0 Å². The highest BCUT2D eigenvalue weighted by atomic mass is 16.5. The Bertz CT molecular complexity index is 574. The first kappa shape index (κ1) is 13.3. The van der Waals surface area contributed by atoms with E-state index in [4.69, 9.17) is 9.15 Å². The summed E-state index contributed by atoms with van der Waals surface area (Å²) in [5.74, 6) is 2.75. The van der Waals surface area contributed by atoms with Crippen molar-refractivity contribution in [2.75, 3.05) is 7.05 Å². The maximum atomic E-state index is 5.84. The lowest BCUT2D eigenvalue weighted by atomic mass is 9.92. The molecule has 106 valence electrons. The average Bonchev–Trinajstić information content (AvgIpc) is 2.93. The van der Waals surface area contributed by atoms with Crippen LogP contribution in [0.5, 0.6) is 5.75 Å². The molecular formula is C17H21NO2. The van der Waals surface area contributed by atoms with Crippen molar-refractivity contribution in [3.63, 3.8) is 0 Å². The molecular weight excluding hydrogens is 250 g/mol. The van der Waals surface area contributed by atoms with Gasteiger partial charge in [0.1, 0.15) is 23.9 Å². The molecule has 0 amide bonds. The van der Waals surface area contributed by atoms with E-state index in [-0.39, 0.29) is 0 Å². The zero-order valence-electron chi connectivity index (χ0n) is 11.9. The summed E-state index contributed by atoms with van der Waals surface area (Å²) >= 11 is 0.